The number of carbonyl (C=O) groups is 1. The third kappa shape index (κ3) is 6.72. The normalized spacial score (nSPS) is 11.4. The van der Waals surface area contributed by atoms with Gasteiger partial charge < -0.3 is 19.5 Å². The second kappa shape index (κ2) is 11.7. The van der Waals surface area contributed by atoms with Crippen molar-refractivity contribution in [3.05, 3.63) is 78.3 Å². The lowest BCUT2D eigenvalue weighted by atomic mass is 10.0. The Labute approximate surface area is 221 Å². The van der Waals surface area contributed by atoms with Crippen molar-refractivity contribution in [1.82, 2.24) is 19.7 Å². The Morgan fingerprint density at radius 1 is 1.08 bits per heavy atom. The van der Waals surface area contributed by atoms with E-state index < -0.39 is 17.8 Å². The van der Waals surface area contributed by atoms with E-state index in [9.17, 15) is 18.0 Å². The number of methoxy groups -OCH3 is 2. The molecule has 39 heavy (non-hydrogen) atoms. The van der Waals surface area contributed by atoms with Crippen molar-refractivity contribution in [3.63, 3.8) is 0 Å². The summed E-state index contributed by atoms with van der Waals surface area (Å²) in [5, 5.41) is 6.73. The van der Waals surface area contributed by atoms with Crippen molar-refractivity contribution in [1.29, 1.82) is 0 Å². The largest absolute Gasteiger partial charge is 0.497 e. The monoisotopic (exact) mass is 539 g/mol. The Morgan fingerprint density at radius 3 is 2.46 bits per heavy atom. The SMILES string of the molecule is CCOC(=O)/C=C/c1cccc(-c2cnc(Nc3cc(OC)cc(OC)c3)nc2-n2ccc(C(F)(F)F)n2)c1. The third-order valence-electron chi connectivity index (χ3n) is 5.37. The highest BCUT2D eigenvalue weighted by Gasteiger charge is 2.34. The van der Waals surface area contributed by atoms with Gasteiger partial charge in [-0.15, -0.1) is 0 Å². The zero-order chi connectivity index (χ0) is 28.0. The zero-order valence-electron chi connectivity index (χ0n) is 21.2. The predicted octanol–water partition coefficient (Wildman–Crippen LogP) is 5.69. The van der Waals surface area contributed by atoms with E-state index in [0.717, 1.165) is 10.7 Å². The predicted molar refractivity (Wildman–Crippen MR) is 138 cm³/mol. The minimum absolute atomic E-state index is 0.101. The van der Waals surface area contributed by atoms with Crippen LogP contribution in [0.5, 0.6) is 11.5 Å². The molecule has 0 radical (unpaired) electrons. The molecular formula is C27H24F3N5O4. The standard InChI is InChI=1S/C27H24F3N5O4/c1-4-39-24(36)9-8-17-6-5-7-18(12-17)22-16-31-26(32-19-13-20(37-2)15-21(14-19)38-3)33-25(22)35-11-10-23(34-35)27(28,29)30/h5-16H,4H2,1-3H3,(H,31,32,33)/b9-8+. The summed E-state index contributed by atoms with van der Waals surface area (Å²) in [5.74, 6) is 0.746. The first-order valence-corrected chi connectivity index (χ1v) is 11.7. The van der Waals surface area contributed by atoms with Crippen LogP contribution in [0.2, 0.25) is 0 Å². The van der Waals surface area contributed by atoms with Gasteiger partial charge in [0.2, 0.25) is 5.95 Å². The Balaban J connectivity index is 1.77. The molecule has 1 N–H and O–H groups in total. The van der Waals surface area contributed by atoms with Crippen molar-refractivity contribution < 1.29 is 32.2 Å². The summed E-state index contributed by atoms with van der Waals surface area (Å²) in [6.45, 7) is 1.95. The molecular weight excluding hydrogens is 515 g/mol. The minimum atomic E-state index is -4.63. The summed E-state index contributed by atoms with van der Waals surface area (Å²) in [6, 6.07) is 12.9. The van der Waals surface area contributed by atoms with Gasteiger partial charge in [0.15, 0.2) is 11.5 Å². The van der Waals surface area contributed by atoms with Gasteiger partial charge in [0.1, 0.15) is 11.5 Å². The van der Waals surface area contributed by atoms with E-state index in [4.69, 9.17) is 14.2 Å². The molecule has 0 aliphatic carbocycles. The molecule has 0 atom stereocenters. The maximum absolute atomic E-state index is 13.3. The second-order valence-corrected chi connectivity index (χ2v) is 8.01. The number of benzene rings is 2. The molecule has 0 aliphatic rings. The van der Waals surface area contributed by atoms with Gasteiger partial charge in [-0.25, -0.2) is 14.5 Å². The van der Waals surface area contributed by atoms with Crippen LogP contribution in [0.4, 0.5) is 24.8 Å². The van der Waals surface area contributed by atoms with Gasteiger partial charge in [-0.1, -0.05) is 18.2 Å². The molecule has 9 nitrogen and oxygen atoms in total. The first-order valence-electron chi connectivity index (χ1n) is 11.7. The van der Waals surface area contributed by atoms with Gasteiger partial charge in [-0.3, -0.25) is 0 Å². The molecule has 0 bridgehead atoms. The van der Waals surface area contributed by atoms with Crippen LogP contribution in [0, 0.1) is 0 Å². The number of aromatic nitrogens is 4. The summed E-state index contributed by atoms with van der Waals surface area (Å²) in [7, 11) is 3.02. The Morgan fingerprint density at radius 2 is 1.82 bits per heavy atom. The molecule has 0 saturated heterocycles. The van der Waals surface area contributed by atoms with E-state index in [1.807, 2.05) is 0 Å². The molecule has 0 unspecified atom stereocenters. The Kier molecular flexibility index (Phi) is 8.13. The molecule has 0 fully saturated rings. The highest BCUT2D eigenvalue weighted by molar-refractivity contribution is 5.87. The molecule has 0 saturated carbocycles. The van der Waals surface area contributed by atoms with Crippen molar-refractivity contribution >= 4 is 23.7 Å². The summed E-state index contributed by atoms with van der Waals surface area (Å²) >= 11 is 0. The number of halogens is 3. The number of nitrogens with one attached hydrogen (secondary N) is 1. The molecule has 202 valence electrons. The fourth-order valence-corrected chi connectivity index (χ4v) is 3.58. The van der Waals surface area contributed by atoms with Gasteiger partial charge in [-0.2, -0.15) is 23.3 Å². The van der Waals surface area contributed by atoms with Crippen molar-refractivity contribution in [2.45, 2.75) is 13.1 Å². The summed E-state index contributed by atoms with van der Waals surface area (Å²) < 4.78 is 56.5. The maximum atomic E-state index is 13.3. The molecule has 2 aromatic heterocycles. The lowest BCUT2D eigenvalue weighted by molar-refractivity contribution is -0.141. The van der Waals surface area contributed by atoms with Gasteiger partial charge in [0.05, 0.1) is 20.8 Å². The second-order valence-electron chi connectivity index (χ2n) is 8.01. The van der Waals surface area contributed by atoms with Crippen LogP contribution in [0.15, 0.2) is 67.0 Å². The van der Waals surface area contributed by atoms with Gasteiger partial charge in [0.25, 0.3) is 0 Å². The van der Waals surface area contributed by atoms with Crippen LogP contribution in [0.25, 0.3) is 23.0 Å². The van der Waals surface area contributed by atoms with Gasteiger partial charge in [0, 0.05) is 47.9 Å². The van der Waals surface area contributed by atoms with Crippen molar-refractivity contribution in [2.75, 3.05) is 26.1 Å². The minimum Gasteiger partial charge on any atom is -0.497 e. The number of nitrogens with zero attached hydrogens (tertiary/aromatic N) is 4. The number of ether oxygens (including phenoxy) is 3. The number of esters is 1. The smallest absolute Gasteiger partial charge is 0.435 e. The average molecular weight is 540 g/mol. The summed E-state index contributed by atoms with van der Waals surface area (Å²) in [5.41, 5.74) is 1.13. The molecule has 4 aromatic rings. The number of anilines is 2. The van der Waals surface area contributed by atoms with E-state index in [-0.39, 0.29) is 18.4 Å². The lowest BCUT2D eigenvalue weighted by Gasteiger charge is -2.13. The molecule has 2 heterocycles. The number of hydrogen-bond acceptors (Lipinski definition) is 8. The summed E-state index contributed by atoms with van der Waals surface area (Å²) in [6.07, 6.45) is 0.888. The molecule has 12 heteroatoms. The quantitative estimate of drug-likeness (QED) is 0.214. The summed E-state index contributed by atoms with van der Waals surface area (Å²) in [4.78, 5) is 20.6. The van der Waals surface area contributed by atoms with Crippen LogP contribution in [-0.4, -0.2) is 46.5 Å². The van der Waals surface area contributed by atoms with E-state index in [1.54, 1.807) is 55.5 Å². The van der Waals surface area contributed by atoms with Crippen molar-refractivity contribution in [2.24, 2.45) is 0 Å². The van der Waals surface area contributed by atoms with Crippen LogP contribution < -0.4 is 14.8 Å². The zero-order valence-corrected chi connectivity index (χ0v) is 21.2. The molecule has 0 spiro atoms. The molecule has 0 aliphatic heterocycles. The van der Waals surface area contributed by atoms with E-state index in [1.165, 1.54) is 32.7 Å². The van der Waals surface area contributed by atoms with Crippen LogP contribution in [0.3, 0.4) is 0 Å². The first-order chi connectivity index (χ1) is 18.7. The van der Waals surface area contributed by atoms with E-state index in [0.29, 0.717) is 33.9 Å². The fourth-order valence-electron chi connectivity index (χ4n) is 3.58. The number of hydrogen-bond donors (Lipinski definition) is 1. The van der Waals surface area contributed by atoms with Crippen molar-refractivity contribution in [3.8, 4) is 28.4 Å². The van der Waals surface area contributed by atoms with Crippen LogP contribution in [0.1, 0.15) is 18.2 Å². The number of carbonyl (C=O) groups excluding carboxylic acids is 1. The Hall–Kier alpha value is -4.87. The number of rotatable bonds is 9. The number of alkyl halides is 3. The topological polar surface area (TPSA) is 100 Å². The molecule has 2 aromatic carbocycles. The molecule has 4 rings (SSSR count). The lowest BCUT2D eigenvalue weighted by Crippen LogP contribution is -2.10. The van der Waals surface area contributed by atoms with Crippen LogP contribution >= 0.6 is 0 Å². The first kappa shape index (κ1) is 27.2. The maximum Gasteiger partial charge on any atom is 0.435 e. The highest BCUT2D eigenvalue weighted by atomic mass is 19.4. The van der Waals surface area contributed by atoms with E-state index in [2.05, 4.69) is 20.4 Å². The molecule has 0 amide bonds. The van der Waals surface area contributed by atoms with Gasteiger partial charge in [-0.05, 0) is 36.3 Å². The van der Waals surface area contributed by atoms with Crippen LogP contribution in [-0.2, 0) is 15.7 Å². The van der Waals surface area contributed by atoms with Gasteiger partial charge >= 0.3 is 12.1 Å². The fraction of sp³-hybridized carbons (Fsp3) is 0.185. The third-order valence-corrected chi connectivity index (χ3v) is 5.37. The van der Waals surface area contributed by atoms with E-state index >= 15 is 0 Å². The highest BCUT2D eigenvalue weighted by Crippen LogP contribution is 2.32. The average Bonchev–Trinajstić information content (AvgIpc) is 3.43. The Bertz CT molecular complexity index is 1480.